The van der Waals surface area contributed by atoms with Crippen molar-refractivity contribution < 1.29 is 24.2 Å². The first-order chi connectivity index (χ1) is 16.2. The van der Waals surface area contributed by atoms with Crippen molar-refractivity contribution in [3.63, 3.8) is 0 Å². The first-order valence-electron chi connectivity index (χ1n) is 10.4. The van der Waals surface area contributed by atoms with Gasteiger partial charge < -0.3 is 9.84 Å². The molecule has 0 aliphatic carbocycles. The molecule has 0 bridgehead atoms. The van der Waals surface area contributed by atoms with Gasteiger partial charge in [0.05, 0.1) is 10.7 Å². The van der Waals surface area contributed by atoms with E-state index in [9.17, 15) is 19.5 Å². The predicted octanol–water partition coefficient (Wildman–Crippen LogP) is 4.91. The van der Waals surface area contributed by atoms with Crippen molar-refractivity contribution in [3.05, 3.63) is 93.5 Å². The van der Waals surface area contributed by atoms with Crippen LogP contribution in [0.5, 0.6) is 11.5 Å². The van der Waals surface area contributed by atoms with Crippen LogP contribution < -0.4 is 15.0 Å². The van der Waals surface area contributed by atoms with Gasteiger partial charge in [0, 0.05) is 0 Å². The number of phenolic OH excluding ortho intramolecular Hbond substituents is 1. The Bertz CT molecular complexity index is 1330. The normalized spacial score (nSPS) is 15.0. The SMILES string of the molecule is Cc1ccc(COc2ccc(/C=C3\C(=O)NC(=O)N(c4ccc(O)cc4)C3=O)cc2Cl)cc1C. The number of carbonyl (C=O) groups excluding carboxylic acids is 3. The average Bonchev–Trinajstić information content (AvgIpc) is 2.79. The van der Waals surface area contributed by atoms with Crippen LogP contribution in [0, 0.1) is 13.8 Å². The van der Waals surface area contributed by atoms with Crippen LogP contribution in [-0.2, 0) is 16.2 Å². The molecule has 0 spiro atoms. The summed E-state index contributed by atoms with van der Waals surface area (Å²) in [7, 11) is 0. The minimum absolute atomic E-state index is 0.0186. The van der Waals surface area contributed by atoms with Crippen molar-refractivity contribution in [1.29, 1.82) is 0 Å². The second kappa shape index (κ2) is 9.41. The number of urea groups is 1. The molecule has 0 aromatic heterocycles. The number of benzene rings is 3. The number of barbiturate groups is 1. The van der Waals surface area contributed by atoms with E-state index in [4.69, 9.17) is 16.3 Å². The highest BCUT2D eigenvalue weighted by Crippen LogP contribution is 2.29. The molecule has 4 amide bonds. The number of halogens is 1. The van der Waals surface area contributed by atoms with Gasteiger partial charge in [0.2, 0.25) is 0 Å². The zero-order chi connectivity index (χ0) is 24.4. The van der Waals surface area contributed by atoms with Gasteiger partial charge in [-0.15, -0.1) is 0 Å². The number of hydrogen-bond donors (Lipinski definition) is 2. The van der Waals surface area contributed by atoms with Crippen LogP contribution >= 0.6 is 11.6 Å². The molecule has 3 aromatic carbocycles. The summed E-state index contributed by atoms with van der Waals surface area (Å²) in [5.41, 5.74) is 3.85. The Kier molecular flexibility index (Phi) is 6.38. The van der Waals surface area contributed by atoms with Gasteiger partial charge in [0.15, 0.2) is 0 Å². The van der Waals surface area contributed by atoms with E-state index < -0.39 is 17.8 Å². The highest BCUT2D eigenvalue weighted by molar-refractivity contribution is 6.39. The maximum atomic E-state index is 13.0. The number of aryl methyl sites for hydroxylation is 2. The standard InChI is InChI=1S/C26H21ClN2O5/c1-15-3-4-18(11-16(15)2)14-34-23-10-5-17(13-22(23)27)12-21-24(31)28-26(33)29(25(21)32)19-6-8-20(30)9-7-19/h3-13,30H,14H2,1-2H3,(H,28,31,33)/b21-12+. The molecular formula is C26H21ClN2O5. The number of anilines is 1. The Morgan fingerprint density at radius 3 is 2.38 bits per heavy atom. The van der Waals surface area contributed by atoms with Crippen molar-refractivity contribution >= 4 is 41.2 Å². The molecule has 1 aliphatic rings. The third-order valence-electron chi connectivity index (χ3n) is 5.44. The zero-order valence-electron chi connectivity index (χ0n) is 18.5. The van der Waals surface area contributed by atoms with Crippen LogP contribution in [0.3, 0.4) is 0 Å². The minimum atomic E-state index is -0.869. The molecule has 0 unspecified atom stereocenters. The van der Waals surface area contributed by atoms with Crippen LogP contribution in [0.25, 0.3) is 6.08 Å². The molecule has 1 saturated heterocycles. The molecule has 1 fully saturated rings. The summed E-state index contributed by atoms with van der Waals surface area (Å²) in [4.78, 5) is 38.4. The lowest BCUT2D eigenvalue weighted by Crippen LogP contribution is -2.54. The molecule has 7 nitrogen and oxygen atoms in total. The molecule has 1 aliphatic heterocycles. The number of aromatic hydroxyl groups is 1. The smallest absolute Gasteiger partial charge is 0.335 e. The lowest BCUT2D eigenvalue weighted by Gasteiger charge is -2.26. The number of nitrogens with zero attached hydrogens (tertiary/aromatic N) is 1. The topological polar surface area (TPSA) is 95.9 Å². The third-order valence-corrected chi connectivity index (χ3v) is 5.74. The number of ether oxygens (including phenoxy) is 1. The molecule has 34 heavy (non-hydrogen) atoms. The van der Waals surface area contributed by atoms with Gasteiger partial charge >= 0.3 is 6.03 Å². The van der Waals surface area contributed by atoms with Crippen LogP contribution in [0.15, 0.2) is 66.2 Å². The number of carbonyl (C=O) groups is 3. The molecule has 1 heterocycles. The maximum Gasteiger partial charge on any atom is 0.335 e. The Morgan fingerprint density at radius 1 is 0.971 bits per heavy atom. The third kappa shape index (κ3) is 4.79. The van der Waals surface area contributed by atoms with Gasteiger partial charge in [-0.05, 0) is 78.6 Å². The van der Waals surface area contributed by atoms with E-state index in [0.717, 1.165) is 10.5 Å². The largest absolute Gasteiger partial charge is 0.508 e. The lowest BCUT2D eigenvalue weighted by molar-refractivity contribution is -0.122. The molecular weight excluding hydrogens is 456 g/mol. The second-order valence-electron chi connectivity index (χ2n) is 7.87. The number of nitrogens with one attached hydrogen (secondary N) is 1. The second-order valence-corrected chi connectivity index (χ2v) is 8.28. The van der Waals surface area contributed by atoms with Crippen molar-refractivity contribution in [1.82, 2.24) is 5.32 Å². The number of hydrogen-bond acceptors (Lipinski definition) is 5. The first kappa shape index (κ1) is 23.1. The van der Waals surface area contributed by atoms with Crippen molar-refractivity contribution in [3.8, 4) is 11.5 Å². The van der Waals surface area contributed by atoms with E-state index >= 15 is 0 Å². The fourth-order valence-corrected chi connectivity index (χ4v) is 3.68. The molecule has 2 N–H and O–H groups in total. The van der Waals surface area contributed by atoms with Gasteiger partial charge in [-0.2, -0.15) is 0 Å². The summed E-state index contributed by atoms with van der Waals surface area (Å²) >= 11 is 6.38. The Labute approximate surface area is 201 Å². The van der Waals surface area contributed by atoms with Gasteiger partial charge in [-0.1, -0.05) is 35.9 Å². The monoisotopic (exact) mass is 476 g/mol. The van der Waals surface area contributed by atoms with Crippen LogP contribution in [0.1, 0.15) is 22.3 Å². The number of imide groups is 2. The highest BCUT2D eigenvalue weighted by Gasteiger charge is 2.36. The zero-order valence-corrected chi connectivity index (χ0v) is 19.2. The molecule has 0 saturated carbocycles. The van der Waals surface area contributed by atoms with Gasteiger partial charge in [-0.25, -0.2) is 9.69 Å². The summed E-state index contributed by atoms with van der Waals surface area (Å²) < 4.78 is 5.83. The minimum Gasteiger partial charge on any atom is -0.508 e. The summed E-state index contributed by atoms with van der Waals surface area (Å²) in [5.74, 6) is -1.15. The molecule has 172 valence electrons. The van der Waals surface area contributed by atoms with E-state index in [0.29, 0.717) is 22.9 Å². The van der Waals surface area contributed by atoms with Crippen molar-refractivity contribution in [2.24, 2.45) is 0 Å². The number of phenols is 1. The Morgan fingerprint density at radius 2 is 1.71 bits per heavy atom. The lowest BCUT2D eigenvalue weighted by atomic mass is 10.1. The summed E-state index contributed by atoms with van der Waals surface area (Å²) in [5, 5.41) is 11.9. The highest BCUT2D eigenvalue weighted by atomic mass is 35.5. The van der Waals surface area contributed by atoms with Gasteiger partial charge in [0.1, 0.15) is 23.7 Å². The van der Waals surface area contributed by atoms with Gasteiger partial charge in [0.25, 0.3) is 11.8 Å². The fraction of sp³-hybridized carbons (Fsp3) is 0.115. The summed E-state index contributed by atoms with van der Waals surface area (Å²) in [6.45, 7) is 4.42. The maximum absolute atomic E-state index is 13.0. The van der Waals surface area contributed by atoms with E-state index in [1.807, 2.05) is 26.0 Å². The van der Waals surface area contributed by atoms with Gasteiger partial charge in [-0.3, -0.25) is 14.9 Å². The van der Waals surface area contributed by atoms with E-state index in [1.165, 1.54) is 41.5 Å². The van der Waals surface area contributed by atoms with E-state index in [-0.39, 0.29) is 17.0 Å². The molecule has 3 aromatic rings. The van der Waals surface area contributed by atoms with Crippen molar-refractivity contribution in [2.45, 2.75) is 20.5 Å². The Balaban J connectivity index is 1.55. The Hall–Kier alpha value is -4.10. The number of rotatable bonds is 5. The predicted molar refractivity (Wildman–Crippen MR) is 129 cm³/mol. The van der Waals surface area contributed by atoms with Crippen LogP contribution in [-0.4, -0.2) is 23.0 Å². The summed E-state index contributed by atoms with van der Waals surface area (Å²) in [6.07, 6.45) is 1.36. The first-order valence-corrected chi connectivity index (χ1v) is 10.8. The van der Waals surface area contributed by atoms with E-state index in [2.05, 4.69) is 11.4 Å². The average molecular weight is 477 g/mol. The molecule has 0 atom stereocenters. The molecule has 4 rings (SSSR count). The van der Waals surface area contributed by atoms with Crippen molar-refractivity contribution in [2.75, 3.05) is 4.90 Å². The number of amides is 4. The fourth-order valence-electron chi connectivity index (χ4n) is 3.44. The molecule has 8 heteroatoms. The summed E-state index contributed by atoms with van der Waals surface area (Å²) in [6, 6.07) is 15.6. The van der Waals surface area contributed by atoms with E-state index in [1.54, 1.807) is 18.2 Å². The van der Waals surface area contributed by atoms with Crippen LogP contribution in [0.4, 0.5) is 10.5 Å². The van der Waals surface area contributed by atoms with Crippen LogP contribution in [0.2, 0.25) is 5.02 Å². The molecule has 0 radical (unpaired) electrons. The quantitative estimate of drug-likeness (QED) is 0.403.